The second-order valence-electron chi connectivity index (χ2n) is 5.05. The van der Waals surface area contributed by atoms with Crippen molar-refractivity contribution in [1.29, 1.82) is 0 Å². The summed E-state index contributed by atoms with van der Waals surface area (Å²) in [7, 11) is 0. The van der Waals surface area contributed by atoms with Crippen molar-refractivity contribution in [1.82, 2.24) is 19.7 Å². The molecule has 2 rings (SSSR count). The van der Waals surface area contributed by atoms with E-state index in [0.717, 1.165) is 0 Å². The van der Waals surface area contributed by atoms with Gasteiger partial charge in [0.15, 0.2) is 5.82 Å². The van der Waals surface area contributed by atoms with Crippen LogP contribution >= 0.6 is 11.6 Å². The van der Waals surface area contributed by atoms with Crippen molar-refractivity contribution in [3.05, 3.63) is 35.0 Å². The van der Waals surface area contributed by atoms with Crippen LogP contribution in [0.1, 0.15) is 36.8 Å². The third-order valence-corrected chi connectivity index (χ3v) is 2.89. The number of nitrogens with zero attached hydrogens (tertiary/aromatic N) is 4. The minimum Gasteiger partial charge on any atom is -0.478 e. The third-order valence-electron chi connectivity index (χ3n) is 2.54. The van der Waals surface area contributed by atoms with Crippen molar-refractivity contribution in [2.75, 3.05) is 0 Å². The van der Waals surface area contributed by atoms with Crippen molar-refractivity contribution >= 4 is 17.6 Å². The number of carboxylic acid groups (broad SMARTS) is 1. The average Bonchev–Trinajstić information content (AvgIpc) is 2.68. The molecule has 7 heteroatoms. The smallest absolute Gasteiger partial charge is 0.340 e. The Labute approximate surface area is 115 Å². The summed E-state index contributed by atoms with van der Waals surface area (Å²) in [4.78, 5) is 19.2. The van der Waals surface area contributed by atoms with E-state index < -0.39 is 11.4 Å². The monoisotopic (exact) mass is 280 g/mol. The number of hydrogen-bond acceptors (Lipinski definition) is 4. The lowest BCUT2D eigenvalue weighted by atomic mass is 9.89. The number of aromatic carboxylic acids is 1. The van der Waals surface area contributed by atoms with Crippen LogP contribution in [0.4, 0.5) is 0 Å². The highest BCUT2D eigenvalue weighted by Crippen LogP contribution is 2.31. The third kappa shape index (κ3) is 2.44. The second kappa shape index (κ2) is 4.62. The van der Waals surface area contributed by atoms with Crippen LogP contribution in [0.3, 0.4) is 0 Å². The van der Waals surface area contributed by atoms with Crippen LogP contribution in [0.25, 0.3) is 5.82 Å². The van der Waals surface area contributed by atoms with E-state index in [1.807, 2.05) is 20.8 Å². The molecule has 0 spiro atoms. The van der Waals surface area contributed by atoms with Gasteiger partial charge in [-0.15, -0.1) is 0 Å². The largest absolute Gasteiger partial charge is 0.478 e. The summed E-state index contributed by atoms with van der Waals surface area (Å²) in [6.45, 7) is 5.63. The Kier molecular flexibility index (Phi) is 3.28. The van der Waals surface area contributed by atoms with Crippen LogP contribution in [-0.4, -0.2) is 30.8 Å². The molecule has 0 saturated heterocycles. The predicted molar refractivity (Wildman–Crippen MR) is 69.8 cm³/mol. The van der Waals surface area contributed by atoms with E-state index in [2.05, 4.69) is 15.1 Å². The maximum absolute atomic E-state index is 11.4. The normalized spacial score (nSPS) is 11.6. The summed E-state index contributed by atoms with van der Waals surface area (Å²) in [5, 5.41) is 13.6. The van der Waals surface area contributed by atoms with Crippen LogP contribution in [-0.2, 0) is 5.41 Å². The first-order valence-corrected chi connectivity index (χ1v) is 5.99. The van der Waals surface area contributed by atoms with Crippen LogP contribution in [0.2, 0.25) is 5.15 Å². The van der Waals surface area contributed by atoms with Gasteiger partial charge in [0.1, 0.15) is 17.0 Å². The standard InChI is InChI=1S/C12H13ClN4O2/c1-12(2,3)9-8(11(18)19)10(13)17(16-9)7-4-5-14-6-15-7/h4-6H,1-3H3,(H,18,19). The molecule has 0 bridgehead atoms. The Morgan fingerprint density at radius 2 is 2.11 bits per heavy atom. The van der Waals surface area contributed by atoms with Gasteiger partial charge in [-0.25, -0.2) is 19.4 Å². The SMILES string of the molecule is CC(C)(C)c1nn(-c2ccncn2)c(Cl)c1C(=O)O. The van der Waals surface area contributed by atoms with Gasteiger partial charge in [0.25, 0.3) is 0 Å². The number of aromatic nitrogens is 4. The zero-order valence-electron chi connectivity index (χ0n) is 10.8. The van der Waals surface area contributed by atoms with Crippen molar-refractivity contribution in [2.24, 2.45) is 0 Å². The van der Waals surface area contributed by atoms with E-state index in [4.69, 9.17) is 11.6 Å². The number of halogens is 1. The van der Waals surface area contributed by atoms with E-state index >= 15 is 0 Å². The molecule has 2 aromatic heterocycles. The van der Waals surface area contributed by atoms with Crippen molar-refractivity contribution in [2.45, 2.75) is 26.2 Å². The number of rotatable bonds is 2. The van der Waals surface area contributed by atoms with Crippen LogP contribution in [0, 0.1) is 0 Å². The molecule has 0 saturated carbocycles. The number of carbonyl (C=O) groups is 1. The molecule has 2 aromatic rings. The minimum absolute atomic E-state index is 0.00720. The molecule has 0 aliphatic rings. The Hall–Kier alpha value is -1.95. The second-order valence-corrected chi connectivity index (χ2v) is 5.41. The Bertz CT molecular complexity index is 617. The molecule has 0 amide bonds. The first kappa shape index (κ1) is 13.5. The zero-order chi connectivity index (χ0) is 14.2. The first-order valence-electron chi connectivity index (χ1n) is 5.61. The summed E-state index contributed by atoms with van der Waals surface area (Å²) >= 11 is 6.12. The highest BCUT2D eigenvalue weighted by molar-refractivity contribution is 6.33. The average molecular weight is 281 g/mol. The van der Waals surface area contributed by atoms with E-state index in [1.165, 1.54) is 17.2 Å². The van der Waals surface area contributed by atoms with Gasteiger partial charge in [0.2, 0.25) is 0 Å². The number of hydrogen-bond donors (Lipinski definition) is 1. The fraction of sp³-hybridized carbons (Fsp3) is 0.333. The molecule has 0 aromatic carbocycles. The van der Waals surface area contributed by atoms with Gasteiger partial charge in [0.05, 0.1) is 5.69 Å². The van der Waals surface area contributed by atoms with Gasteiger partial charge in [-0.1, -0.05) is 32.4 Å². The van der Waals surface area contributed by atoms with Gasteiger partial charge in [0, 0.05) is 17.7 Å². The summed E-state index contributed by atoms with van der Waals surface area (Å²) in [6, 6.07) is 1.61. The molecule has 1 N–H and O–H groups in total. The fourth-order valence-electron chi connectivity index (χ4n) is 1.67. The van der Waals surface area contributed by atoms with E-state index in [1.54, 1.807) is 6.07 Å². The highest BCUT2D eigenvalue weighted by Gasteiger charge is 2.30. The predicted octanol–water partition coefficient (Wildman–Crippen LogP) is 2.31. The molecule has 2 heterocycles. The summed E-state index contributed by atoms with van der Waals surface area (Å²) in [6.07, 6.45) is 2.89. The molecule has 0 aliphatic heterocycles. The Morgan fingerprint density at radius 1 is 1.42 bits per heavy atom. The molecule has 0 atom stereocenters. The van der Waals surface area contributed by atoms with Gasteiger partial charge in [-0.05, 0) is 0 Å². The zero-order valence-corrected chi connectivity index (χ0v) is 11.5. The molecule has 19 heavy (non-hydrogen) atoms. The molecule has 100 valence electrons. The van der Waals surface area contributed by atoms with Gasteiger partial charge < -0.3 is 5.11 Å². The summed E-state index contributed by atoms with van der Waals surface area (Å²) in [5.41, 5.74) is -0.00766. The topological polar surface area (TPSA) is 80.9 Å². The van der Waals surface area contributed by atoms with E-state index in [9.17, 15) is 9.90 Å². The fourth-order valence-corrected chi connectivity index (χ4v) is 1.97. The van der Waals surface area contributed by atoms with Gasteiger partial charge >= 0.3 is 5.97 Å². The summed E-state index contributed by atoms with van der Waals surface area (Å²) < 4.78 is 1.31. The maximum atomic E-state index is 11.4. The molecule has 0 aliphatic carbocycles. The molecule has 0 radical (unpaired) electrons. The highest BCUT2D eigenvalue weighted by atomic mass is 35.5. The lowest BCUT2D eigenvalue weighted by molar-refractivity contribution is 0.0694. The van der Waals surface area contributed by atoms with E-state index in [-0.39, 0.29) is 10.7 Å². The van der Waals surface area contributed by atoms with Gasteiger partial charge in [-0.2, -0.15) is 5.10 Å². The van der Waals surface area contributed by atoms with Crippen LogP contribution < -0.4 is 0 Å². The molecule has 0 unspecified atom stereocenters. The minimum atomic E-state index is -1.10. The van der Waals surface area contributed by atoms with Crippen molar-refractivity contribution in [3.63, 3.8) is 0 Å². The summed E-state index contributed by atoms with van der Waals surface area (Å²) in [5.74, 6) is -0.673. The lowest BCUT2D eigenvalue weighted by Gasteiger charge is -2.15. The molecular weight excluding hydrogens is 268 g/mol. The Balaban J connectivity index is 2.70. The number of carboxylic acids is 1. The van der Waals surface area contributed by atoms with E-state index in [0.29, 0.717) is 11.5 Å². The Morgan fingerprint density at radius 3 is 2.53 bits per heavy atom. The van der Waals surface area contributed by atoms with Gasteiger partial charge in [-0.3, -0.25) is 0 Å². The molecule has 0 fully saturated rings. The first-order chi connectivity index (χ1) is 8.82. The van der Waals surface area contributed by atoms with Crippen LogP contribution in [0.15, 0.2) is 18.6 Å². The molecule has 6 nitrogen and oxygen atoms in total. The maximum Gasteiger partial charge on any atom is 0.340 e. The lowest BCUT2D eigenvalue weighted by Crippen LogP contribution is -2.16. The van der Waals surface area contributed by atoms with Crippen LogP contribution in [0.5, 0.6) is 0 Å². The molecular formula is C12H13ClN4O2. The van der Waals surface area contributed by atoms with Crippen molar-refractivity contribution < 1.29 is 9.90 Å². The van der Waals surface area contributed by atoms with Crippen molar-refractivity contribution in [3.8, 4) is 5.82 Å². The quantitative estimate of drug-likeness (QED) is 0.913.